The highest BCUT2D eigenvalue weighted by molar-refractivity contribution is 5.18. The van der Waals surface area contributed by atoms with Gasteiger partial charge in [-0.15, -0.1) is 0 Å². The predicted molar refractivity (Wildman–Crippen MR) is 71.9 cm³/mol. The molecule has 0 aliphatic heterocycles. The van der Waals surface area contributed by atoms with Crippen LogP contribution < -0.4 is 0 Å². The Kier molecular flexibility index (Phi) is 3.31. The van der Waals surface area contributed by atoms with Crippen LogP contribution in [0.2, 0.25) is 0 Å². The summed E-state index contributed by atoms with van der Waals surface area (Å²) < 4.78 is 0. The topological polar surface area (TPSA) is 20.2 Å². The lowest BCUT2D eigenvalue weighted by atomic mass is 9.64. The quantitative estimate of drug-likeness (QED) is 0.822. The summed E-state index contributed by atoms with van der Waals surface area (Å²) >= 11 is 0. The fourth-order valence-electron chi connectivity index (χ4n) is 3.13. The maximum atomic E-state index is 10.8. The Labute approximate surface area is 105 Å². The van der Waals surface area contributed by atoms with E-state index in [4.69, 9.17) is 0 Å². The third-order valence-electron chi connectivity index (χ3n) is 4.36. The van der Waals surface area contributed by atoms with Gasteiger partial charge in [0, 0.05) is 6.42 Å². The van der Waals surface area contributed by atoms with E-state index in [1.807, 2.05) is 6.07 Å². The molecular formula is C16H24O. The first kappa shape index (κ1) is 12.6. The second-order valence-electron chi connectivity index (χ2n) is 6.54. The molecule has 0 aromatic heterocycles. The van der Waals surface area contributed by atoms with Gasteiger partial charge in [-0.1, -0.05) is 51.1 Å². The minimum atomic E-state index is -0.503. The van der Waals surface area contributed by atoms with Crippen LogP contribution in [0.15, 0.2) is 30.3 Å². The van der Waals surface area contributed by atoms with Crippen molar-refractivity contribution in [3.63, 3.8) is 0 Å². The fraction of sp³-hybridized carbons (Fsp3) is 0.625. The SMILES string of the molecule is CC1CC(C)(C)CCC1(O)Cc1ccccc1. The van der Waals surface area contributed by atoms with E-state index in [0.29, 0.717) is 11.3 Å². The minimum Gasteiger partial charge on any atom is -0.389 e. The molecule has 0 saturated heterocycles. The Morgan fingerprint density at radius 2 is 1.82 bits per heavy atom. The van der Waals surface area contributed by atoms with E-state index >= 15 is 0 Å². The average Bonchev–Trinajstić information content (AvgIpc) is 2.26. The normalized spacial score (nSPS) is 32.4. The number of rotatable bonds is 2. The van der Waals surface area contributed by atoms with Gasteiger partial charge in [-0.25, -0.2) is 0 Å². The van der Waals surface area contributed by atoms with Crippen molar-refractivity contribution < 1.29 is 5.11 Å². The molecule has 1 aromatic carbocycles. The number of aliphatic hydroxyl groups is 1. The van der Waals surface area contributed by atoms with Crippen molar-refractivity contribution in [3.8, 4) is 0 Å². The monoisotopic (exact) mass is 232 g/mol. The zero-order valence-corrected chi connectivity index (χ0v) is 11.2. The second-order valence-corrected chi connectivity index (χ2v) is 6.54. The van der Waals surface area contributed by atoms with Gasteiger partial charge in [0.2, 0.25) is 0 Å². The molecule has 1 aliphatic carbocycles. The molecule has 0 radical (unpaired) electrons. The first-order valence-corrected chi connectivity index (χ1v) is 6.68. The molecule has 17 heavy (non-hydrogen) atoms. The van der Waals surface area contributed by atoms with Gasteiger partial charge in [-0.3, -0.25) is 0 Å². The third kappa shape index (κ3) is 2.90. The summed E-state index contributed by atoms with van der Waals surface area (Å²) in [5, 5.41) is 10.8. The minimum absolute atomic E-state index is 0.381. The van der Waals surface area contributed by atoms with Gasteiger partial charge in [0.05, 0.1) is 5.60 Å². The molecule has 1 aromatic rings. The summed E-state index contributed by atoms with van der Waals surface area (Å²) in [6.07, 6.45) is 3.97. The second kappa shape index (κ2) is 4.45. The Balaban J connectivity index is 2.10. The molecule has 0 bridgehead atoms. The van der Waals surface area contributed by atoms with Gasteiger partial charge in [0.15, 0.2) is 0 Å². The summed E-state index contributed by atoms with van der Waals surface area (Å²) in [6.45, 7) is 6.82. The zero-order valence-electron chi connectivity index (χ0n) is 11.2. The summed E-state index contributed by atoms with van der Waals surface area (Å²) in [5.41, 5.74) is 1.14. The summed E-state index contributed by atoms with van der Waals surface area (Å²) in [7, 11) is 0. The Morgan fingerprint density at radius 3 is 2.41 bits per heavy atom. The lowest BCUT2D eigenvalue weighted by Gasteiger charge is -2.45. The molecule has 1 heteroatoms. The van der Waals surface area contributed by atoms with E-state index in [2.05, 4.69) is 45.0 Å². The van der Waals surface area contributed by atoms with Crippen molar-refractivity contribution >= 4 is 0 Å². The van der Waals surface area contributed by atoms with Gasteiger partial charge in [0.25, 0.3) is 0 Å². The molecule has 0 amide bonds. The largest absolute Gasteiger partial charge is 0.389 e. The Morgan fingerprint density at radius 1 is 1.18 bits per heavy atom. The third-order valence-corrected chi connectivity index (χ3v) is 4.36. The van der Waals surface area contributed by atoms with Crippen LogP contribution in [0.5, 0.6) is 0 Å². The van der Waals surface area contributed by atoms with Crippen LogP contribution in [0, 0.1) is 11.3 Å². The zero-order chi connectivity index (χ0) is 12.5. The highest BCUT2D eigenvalue weighted by Gasteiger charge is 2.42. The average molecular weight is 232 g/mol. The van der Waals surface area contributed by atoms with E-state index in [1.165, 1.54) is 5.56 Å². The van der Waals surface area contributed by atoms with Gasteiger partial charge in [-0.2, -0.15) is 0 Å². The molecule has 2 atom stereocenters. The molecular weight excluding hydrogens is 208 g/mol. The number of hydrogen-bond donors (Lipinski definition) is 1. The number of benzene rings is 1. The van der Waals surface area contributed by atoms with Gasteiger partial charge in [0.1, 0.15) is 0 Å². The lowest BCUT2D eigenvalue weighted by Crippen LogP contribution is -2.45. The van der Waals surface area contributed by atoms with Crippen LogP contribution in [0.1, 0.15) is 45.6 Å². The van der Waals surface area contributed by atoms with E-state index in [0.717, 1.165) is 25.7 Å². The first-order chi connectivity index (χ1) is 7.91. The maximum absolute atomic E-state index is 10.8. The van der Waals surface area contributed by atoms with Crippen molar-refractivity contribution in [1.82, 2.24) is 0 Å². The molecule has 0 heterocycles. The lowest BCUT2D eigenvalue weighted by molar-refractivity contribution is -0.0704. The van der Waals surface area contributed by atoms with E-state index in [-0.39, 0.29) is 0 Å². The van der Waals surface area contributed by atoms with E-state index in [9.17, 15) is 5.11 Å². The molecule has 1 nitrogen and oxygen atoms in total. The van der Waals surface area contributed by atoms with Crippen molar-refractivity contribution in [2.45, 2.75) is 52.1 Å². The van der Waals surface area contributed by atoms with Gasteiger partial charge in [-0.05, 0) is 36.2 Å². The van der Waals surface area contributed by atoms with Crippen molar-refractivity contribution in [2.75, 3.05) is 0 Å². The van der Waals surface area contributed by atoms with Crippen LogP contribution in [-0.4, -0.2) is 10.7 Å². The fourth-order valence-corrected chi connectivity index (χ4v) is 3.13. The number of hydrogen-bond acceptors (Lipinski definition) is 1. The van der Waals surface area contributed by atoms with Crippen molar-refractivity contribution in [3.05, 3.63) is 35.9 Å². The van der Waals surface area contributed by atoms with Gasteiger partial charge >= 0.3 is 0 Å². The van der Waals surface area contributed by atoms with Gasteiger partial charge < -0.3 is 5.11 Å². The molecule has 0 spiro atoms. The molecule has 1 N–H and O–H groups in total. The summed E-state index contributed by atoms with van der Waals surface area (Å²) in [4.78, 5) is 0. The summed E-state index contributed by atoms with van der Waals surface area (Å²) in [5.74, 6) is 0.381. The highest BCUT2D eigenvalue weighted by Crippen LogP contribution is 2.45. The highest BCUT2D eigenvalue weighted by atomic mass is 16.3. The smallest absolute Gasteiger partial charge is 0.0713 e. The maximum Gasteiger partial charge on any atom is 0.0713 e. The van der Waals surface area contributed by atoms with Crippen LogP contribution in [-0.2, 0) is 6.42 Å². The Hall–Kier alpha value is -0.820. The molecule has 2 rings (SSSR count). The standard InChI is InChI=1S/C16H24O/c1-13-11-15(2,3)9-10-16(13,17)12-14-7-5-4-6-8-14/h4-8,13,17H,9-12H2,1-3H3. The molecule has 94 valence electrons. The van der Waals surface area contributed by atoms with Crippen molar-refractivity contribution in [2.24, 2.45) is 11.3 Å². The van der Waals surface area contributed by atoms with Crippen LogP contribution >= 0.6 is 0 Å². The predicted octanol–water partition coefficient (Wildman–Crippen LogP) is 3.81. The van der Waals surface area contributed by atoms with Crippen LogP contribution in [0.25, 0.3) is 0 Å². The van der Waals surface area contributed by atoms with Crippen LogP contribution in [0.4, 0.5) is 0 Å². The van der Waals surface area contributed by atoms with E-state index in [1.54, 1.807) is 0 Å². The summed E-state index contributed by atoms with van der Waals surface area (Å²) in [6, 6.07) is 10.4. The molecule has 1 saturated carbocycles. The van der Waals surface area contributed by atoms with Crippen LogP contribution in [0.3, 0.4) is 0 Å². The Bertz CT molecular complexity index is 368. The van der Waals surface area contributed by atoms with E-state index < -0.39 is 5.60 Å². The molecule has 1 fully saturated rings. The first-order valence-electron chi connectivity index (χ1n) is 6.68. The molecule has 2 unspecified atom stereocenters. The van der Waals surface area contributed by atoms with Crippen molar-refractivity contribution in [1.29, 1.82) is 0 Å². The molecule has 1 aliphatic rings.